The molecule has 2 aromatic heterocycles. The van der Waals surface area contributed by atoms with E-state index in [1.807, 2.05) is 0 Å². The lowest BCUT2D eigenvalue weighted by molar-refractivity contribution is -0.138. The molecule has 0 saturated heterocycles. The van der Waals surface area contributed by atoms with Crippen LogP contribution in [0.2, 0.25) is 0 Å². The van der Waals surface area contributed by atoms with Crippen molar-refractivity contribution in [2.45, 2.75) is 12.5 Å². The summed E-state index contributed by atoms with van der Waals surface area (Å²) in [7, 11) is 0. The Balaban J connectivity index is 2.40. The number of hydrogen-bond acceptors (Lipinski definition) is 5. The fraction of sp³-hybridized carbons (Fsp3) is 0.182. The molecule has 0 aliphatic carbocycles. The van der Waals surface area contributed by atoms with E-state index in [1.54, 1.807) is 24.4 Å². The second-order valence-electron chi connectivity index (χ2n) is 3.70. The number of H-pyrrole nitrogens is 1. The largest absolute Gasteiger partial charge is 0.480 e. The number of nitrogens with one attached hydrogen (secondary N) is 1. The molecule has 0 spiro atoms. The molecular weight excluding hydrogens is 238 g/mol. The van der Waals surface area contributed by atoms with Crippen molar-refractivity contribution in [3.05, 3.63) is 40.3 Å². The molecule has 7 heteroatoms. The zero-order valence-electron chi connectivity index (χ0n) is 9.29. The molecule has 2 aromatic rings. The summed E-state index contributed by atoms with van der Waals surface area (Å²) in [6.45, 7) is 0. The molecule has 0 aromatic carbocycles. The highest BCUT2D eigenvalue weighted by Crippen LogP contribution is 2.19. The van der Waals surface area contributed by atoms with Crippen LogP contribution in [0.25, 0.3) is 11.5 Å². The maximum atomic E-state index is 11.5. The highest BCUT2D eigenvalue weighted by Gasteiger charge is 2.21. The van der Waals surface area contributed by atoms with E-state index >= 15 is 0 Å². The molecule has 0 radical (unpaired) electrons. The van der Waals surface area contributed by atoms with Crippen LogP contribution >= 0.6 is 0 Å². The number of rotatable bonds is 4. The smallest absolute Gasteiger partial charge is 0.320 e. The molecular formula is C11H11N3O4. The number of hydrogen-bond donors (Lipinski definition) is 3. The highest BCUT2D eigenvalue weighted by atomic mass is 16.5. The van der Waals surface area contributed by atoms with Gasteiger partial charge in [-0.3, -0.25) is 14.6 Å². The first-order valence-electron chi connectivity index (χ1n) is 5.19. The molecule has 7 nitrogen and oxygen atoms in total. The summed E-state index contributed by atoms with van der Waals surface area (Å²) in [4.78, 5) is 26.3. The molecule has 0 unspecified atom stereocenters. The van der Waals surface area contributed by atoms with Gasteiger partial charge in [0.25, 0.3) is 5.56 Å². The quantitative estimate of drug-likeness (QED) is 0.700. The van der Waals surface area contributed by atoms with E-state index in [4.69, 9.17) is 15.4 Å². The first-order chi connectivity index (χ1) is 8.59. The van der Waals surface area contributed by atoms with E-state index in [2.05, 4.69) is 10.1 Å². The van der Waals surface area contributed by atoms with E-state index in [0.29, 0.717) is 5.69 Å². The fourth-order valence-electron chi connectivity index (χ4n) is 1.52. The van der Waals surface area contributed by atoms with Gasteiger partial charge in [-0.25, -0.2) is 0 Å². The Kier molecular flexibility index (Phi) is 3.24. The molecule has 0 aliphatic rings. The summed E-state index contributed by atoms with van der Waals surface area (Å²) in [5.41, 5.74) is 5.55. The number of nitrogens with two attached hydrogens (primary N) is 1. The Morgan fingerprint density at radius 3 is 2.94 bits per heavy atom. The van der Waals surface area contributed by atoms with E-state index in [1.165, 1.54) is 0 Å². The van der Waals surface area contributed by atoms with Crippen LogP contribution in [0, 0.1) is 0 Å². The summed E-state index contributed by atoms with van der Waals surface area (Å²) in [6.07, 6.45) is 1.43. The van der Waals surface area contributed by atoms with Gasteiger partial charge < -0.3 is 15.4 Å². The number of nitrogens with zero attached hydrogens (tertiary/aromatic N) is 1. The van der Waals surface area contributed by atoms with Crippen molar-refractivity contribution in [1.82, 2.24) is 10.1 Å². The summed E-state index contributed by atoms with van der Waals surface area (Å²) < 4.78 is 5.01. The maximum absolute atomic E-state index is 11.5. The molecule has 0 fully saturated rings. The van der Waals surface area contributed by atoms with Gasteiger partial charge in [-0.2, -0.15) is 5.16 Å². The average Bonchev–Trinajstić information content (AvgIpc) is 2.72. The van der Waals surface area contributed by atoms with Crippen molar-refractivity contribution < 1.29 is 14.4 Å². The third-order valence-corrected chi connectivity index (χ3v) is 2.43. The first kappa shape index (κ1) is 12.1. The van der Waals surface area contributed by atoms with Crippen LogP contribution in [-0.2, 0) is 11.2 Å². The zero-order valence-corrected chi connectivity index (χ0v) is 9.29. The molecule has 4 N–H and O–H groups in total. The molecule has 94 valence electrons. The summed E-state index contributed by atoms with van der Waals surface area (Å²) in [5, 5.41) is 10.9. The van der Waals surface area contributed by atoms with Crippen LogP contribution < -0.4 is 11.3 Å². The van der Waals surface area contributed by atoms with Gasteiger partial charge >= 0.3 is 5.97 Å². The first-order valence-corrected chi connectivity index (χ1v) is 5.19. The van der Waals surface area contributed by atoms with Gasteiger partial charge in [0, 0.05) is 12.6 Å². The minimum atomic E-state index is -1.18. The number of carbonyl (C=O) groups is 1. The summed E-state index contributed by atoms with van der Waals surface area (Å²) in [5.74, 6) is -0.958. The zero-order chi connectivity index (χ0) is 13.1. The van der Waals surface area contributed by atoms with Crippen molar-refractivity contribution in [1.29, 1.82) is 0 Å². The van der Waals surface area contributed by atoms with Gasteiger partial charge in [0.15, 0.2) is 5.76 Å². The van der Waals surface area contributed by atoms with Crippen LogP contribution in [0.5, 0.6) is 0 Å². The average molecular weight is 249 g/mol. The molecule has 0 saturated carbocycles. The lowest BCUT2D eigenvalue weighted by Crippen LogP contribution is -2.33. The summed E-state index contributed by atoms with van der Waals surface area (Å²) >= 11 is 0. The van der Waals surface area contributed by atoms with Crippen LogP contribution in [0.15, 0.2) is 33.7 Å². The van der Waals surface area contributed by atoms with Crippen LogP contribution in [0.4, 0.5) is 0 Å². The third-order valence-electron chi connectivity index (χ3n) is 2.43. The standard InChI is InChI=1S/C11H11N3O4/c12-7(11(16)17)5-6-9(18-14-10(6)15)8-3-1-2-4-13-8/h1-4,7H,5,12H2,(H,14,15)(H,16,17)/t7-/m0/s1. The fourth-order valence-corrected chi connectivity index (χ4v) is 1.52. The van der Waals surface area contributed by atoms with Crippen molar-refractivity contribution in [2.75, 3.05) is 0 Å². The van der Waals surface area contributed by atoms with Crippen molar-refractivity contribution in [3.8, 4) is 11.5 Å². The van der Waals surface area contributed by atoms with Gasteiger partial charge in [-0.1, -0.05) is 6.07 Å². The molecule has 2 heterocycles. The number of aliphatic carboxylic acids is 1. The normalized spacial score (nSPS) is 12.3. The molecule has 1 atom stereocenters. The Bertz CT molecular complexity index is 602. The topological polar surface area (TPSA) is 122 Å². The van der Waals surface area contributed by atoms with Crippen molar-refractivity contribution >= 4 is 5.97 Å². The van der Waals surface area contributed by atoms with E-state index in [-0.39, 0.29) is 17.7 Å². The lowest BCUT2D eigenvalue weighted by Gasteiger charge is -2.04. The summed E-state index contributed by atoms with van der Waals surface area (Å²) in [6, 6.07) is 3.95. The van der Waals surface area contributed by atoms with Gasteiger partial charge in [0.2, 0.25) is 0 Å². The molecule has 0 aliphatic heterocycles. The number of aromatic nitrogens is 2. The van der Waals surface area contributed by atoms with Crippen molar-refractivity contribution in [3.63, 3.8) is 0 Å². The van der Waals surface area contributed by atoms with E-state index < -0.39 is 17.6 Å². The van der Waals surface area contributed by atoms with Gasteiger partial charge in [0.1, 0.15) is 11.7 Å². The van der Waals surface area contributed by atoms with Gasteiger partial charge in [0.05, 0.1) is 5.56 Å². The van der Waals surface area contributed by atoms with Crippen LogP contribution in [0.3, 0.4) is 0 Å². The highest BCUT2D eigenvalue weighted by molar-refractivity contribution is 5.74. The second-order valence-corrected chi connectivity index (χ2v) is 3.70. The number of carboxylic acids is 1. The van der Waals surface area contributed by atoms with Crippen molar-refractivity contribution in [2.24, 2.45) is 5.73 Å². The predicted molar refractivity (Wildman–Crippen MR) is 61.9 cm³/mol. The predicted octanol–water partition coefficient (Wildman–Crippen LogP) is -0.0157. The van der Waals surface area contributed by atoms with E-state index in [0.717, 1.165) is 0 Å². The SMILES string of the molecule is N[C@@H](Cc1c(-c2ccccn2)o[nH]c1=O)C(=O)O. The molecule has 0 bridgehead atoms. The number of carboxylic acid groups (broad SMARTS) is 1. The van der Waals surface area contributed by atoms with Gasteiger partial charge in [-0.05, 0) is 12.1 Å². The number of pyridine rings is 1. The Hall–Kier alpha value is -2.41. The lowest BCUT2D eigenvalue weighted by atomic mass is 10.1. The van der Waals surface area contributed by atoms with Crippen LogP contribution in [0.1, 0.15) is 5.56 Å². The van der Waals surface area contributed by atoms with E-state index in [9.17, 15) is 9.59 Å². The molecule has 2 rings (SSSR count). The Morgan fingerprint density at radius 2 is 2.33 bits per heavy atom. The Morgan fingerprint density at radius 1 is 1.56 bits per heavy atom. The molecule has 0 amide bonds. The third kappa shape index (κ3) is 2.30. The monoisotopic (exact) mass is 249 g/mol. The minimum Gasteiger partial charge on any atom is -0.480 e. The second kappa shape index (κ2) is 4.84. The Labute approximate surface area is 101 Å². The minimum absolute atomic E-state index is 0.118. The maximum Gasteiger partial charge on any atom is 0.320 e. The van der Waals surface area contributed by atoms with Crippen LogP contribution in [-0.4, -0.2) is 27.3 Å². The van der Waals surface area contributed by atoms with Gasteiger partial charge in [-0.15, -0.1) is 0 Å². The molecule has 18 heavy (non-hydrogen) atoms. The number of aromatic amines is 1.